The largest absolute Gasteiger partial charge is 0.435 e. The Morgan fingerprint density at radius 2 is 2.10 bits per heavy atom. The fourth-order valence-electron chi connectivity index (χ4n) is 2.20. The van der Waals surface area contributed by atoms with Gasteiger partial charge in [-0.1, -0.05) is 31.1 Å². The molecule has 1 aromatic rings. The minimum Gasteiger partial charge on any atom is -0.435 e. The average Bonchev–Trinajstić information content (AvgIpc) is 2.42. The van der Waals surface area contributed by atoms with E-state index in [4.69, 9.17) is 0 Å². The van der Waals surface area contributed by atoms with Crippen molar-refractivity contribution in [3.63, 3.8) is 0 Å². The third-order valence-electron chi connectivity index (χ3n) is 3.24. The summed E-state index contributed by atoms with van der Waals surface area (Å²) in [6, 6.07) is 7.07. The maximum atomic E-state index is 12.2. The fraction of sp³-hybridized carbons (Fsp3) is 0.500. The summed E-state index contributed by atoms with van der Waals surface area (Å²) >= 11 is 0. The summed E-state index contributed by atoms with van der Waals surface area (Å²) < 4.78 is 28.9. The zero-order chi connectivity index (χ0) is 14.8. The lowest BCUT2D eigenvalue weighted by Gasteiger charge is -2.17. The average molecular weight is 283 g/mol. The van der Waals surface area contributed by atoms with Crippen molar-refractivity contribution in [2.45, 2.75) is 44.8 Å². The van der Waals surface area contributed by atoms with Gasteiger partial charge in [0.2, 0.25) is 0 Å². The third kappa shape index (κ3) is 6.15. The Labute approximate surface area is 119 Å². The molecule has 0 fully saturated rings. The van der Waals surface area contributed by atoms with Crippen LogP contribution in [0, 0.1) is 0 Å². The summed E-state index contributed by atoms with van der Waals surface area (Å²) in [5.74, 6) is 0.212. The van der Waals surface area contributed by atoms with Gasteiger partial charge in [-0.15, -0.1) is 6.58 Å². The smallest absolute Gasteiger partial charge is 0.387 e. The van der Waals surface area contributed by atoms with E-state index in [-0.39, 0.29) is 11.8 Å². The Hall–Kier alpha value is -1.42. The first-order valence-corrected chi connectivity index (χ1v) is 7.00. The van der Waals surface area contributed by atoms with Crippen LogP contribution in [0.3, 0.4) is 0 Å². The van der Waals surface area contributed by atoms with Gasteiger partial charge in [-0.05, 0) is 44.0 Å². The third-order valence-corrected chi connectivity index (χ3v) is 3.24. The van der Waals surface area contributed by atoms with Crippen LogP contribution >= 0.6 is 0 Å². The van der Waals surface area contributed by atoms with E-state index in [1.807, 2.05) is 19.2 Å². The highest BCUT2D eigenvalue weighted by Crippen LogP contribution is 2.24. The van der Waals surface area contributed by atoms with Gasteiger partial charge in [-0.3, -0.25) is 0 Å². The zero-order valence-electron chi connectivity index (χ0n) is 11.9. The Morgan fingerprint density at radius 1 is 1.30 bits per heavy atom. The molecule has 1 aromatic carbocycles. The van der Waals surface area contributed by atoms with Crippen LogP contribution < -0.4 is 10.1 Å². The van der Waals surface area contributed by atoms with Crippen molar-refractivity contribution in [3.8, 4) is 5.75 Å². The fourth-order valence-corrected chi connectivity index (χ4v) is 2.20. The lowest BCUT2D eigenvalue weighted by Crippen LogP contribution is -2.16. The van der Waals surface area contributed by atoms with E-state index in [1.165, 1.54) is 0 Å². The normalized spacial score (nSPS) is 12.4. The molecule has 1 unspecified atom stereocenters. The van der Waals surface area contributed by atoms with E-state index in [9.17, 15) is 8.78 Å². The second kappa shape index (κ2) is 9.48. The molecule has 0 aliphatic carbocycles. The molecular weight excluding hydrogens is 260 g/mol. The number of unbranched alkanes of at least 4 members (excludes halogenated alkanes) is 3. The number of allylic oxidation sites excluding steroid dienone is 1. The van der Waals surface area contributed by atoms with E-state index in [1.54, 1.807) is 18.2 Å². The molecule has 0 aromatic heterocycles. The molecule has 0 heterocycles. The number of nitrogens with one attached hydrogen (secondary N) is 1. The topological polar surface area (TPSA) is 21.3 Å². The van der Waals surface area contributed by atoms with Gasteiger partial charge in [-0.2, -0.15) is 8.78 Å². The molecule has 0 radical (unpaired) electrons. The number of hydrogen-bond acceptors (Lipinski definition) is 2. The van der Waals surface area contributed by atoms with Crippen molar-refractivity contribution in [3.05, 3.63) is 42.5 Å². The Bertz CT molecular complexity index is 396. The van der Waals surface area contributed by atoms with Crippen LogP contribution in [0.15, 0.2) is 36.9 Å². The van der Waals surface area contributed by atoms with E-state index < -0.39 is 6.61 Å². The van der Waals surface area contributed by atoms with E-state index in [0.717, 1.165) is 37.7 Å². The molecule has 0 spiro atoms. The SMILES string of the molecule is C=CCCCCCC(NC)c1cccc(OC(F)F)c1. The Morgan fingerprint density at radius 3 is 2.75 bits per heavy atom. The number of hydrogen-bond donors (Lipinski definition) is 1. The molecule has 2 nitrogen and oxygen atoms in total. The van der Waals surface area contributed by atoms with Gasteiger partial charge in [0, 0.05) is 6.04 Å². The summed E-state index contributed by atoms with van der Waals surface area (Å²) in [4.78, 5) is 0. The molecule has 112 valence electrons. The minimum atomic E-state index is -2.78. The molecule has 1 N–H and O–H groups in total. The number of alkyl halides is 2. The quantitative estimate of drug-likeness (QED) is 0.497. The maximum absolute atomic E-state index is 12.2. The predicted octanol–water partition coefficient (Wildman–Crippen LogP) is 4.69. The Kier molecular flexibility index (Phi) is 7.88. The van der Waals surface area contributed by atoms with E-state index in [0.29, 0.717) is 0 Å². The van der Waals surface area contributed by atoms with Gasteiger partial charge >= 0.3 is 6.61 Å². The first kappa shape index (κ1) is 16.6. The van der Waals surface area contributed by atoms with Crippen molar-refractivity contribution in [1.82, 2.24) is 5.32 Å². The number of benzene rings is 1. The molecule has 0 bridgehead atoms. The summed E-state index contributed by atoms with van der Waals surface area (Å²) in [7, 11) is 1.88. The zero-order valence-corrected chi connectivity index (χ0v) is 11.9. The molecule has 0 aliphatic heterocycles. The van der Waals surface area contributed by atoms with Crippen LogP contribution in [0.2, 0.25) is 0 Å². The first-order chi connectivity index (χ1) is 9.67. The molecule has 1 atom stereocenters. The van der Waals surface area contributed by atoms with Gasteiger partial charge in [0.25, 0.3) is 0 Å². The molecule has 1 rings (SSSR count). The molecular formula is C16H23F2NO. The van der Waals surface area contributed by atoms with E-state index >= 15 is 0 Å². The maximum Gasteiger partial charge on any atom is 0.387 e. The molecule has 0 saturated heterocycles. The van der Waals surface area contributed by atoms with Crippen molar-refractivity contribution in [2.75, 3.05) is 7.05 Å². The lowest BCUT2D eigenvalue weighted by molar-refractivity contribution is -0.0499. The highest BCUT2D eigenvalue weighted by molar-refractivity contribution is 5.30. The van der Waals surface area contributed by atoms with Crippen molar-refractivity contribution in [2.24, 2.45) is 0 Å². The standard InChI is InChI=1S/C16H23F2NO/c1-3-4-5-6-7-11-15(19-2)13-9-8-10-14(12-13)20-16(17)18/h3,8-10,12,15-16,19H,1,4-7,11H2,2H3. The Balaban J connectivity index is 2.53. The first-order valence-electron chi connectivity index (χ1n) is 7.00. The highest BCUT2D eigenvalue weighted by atomic mass is 19.3. The van der Waals surface area contributed by atoms with Gasteiger partial charge in [-0.25, -0.2) is 0 Å². The van der Waals surface area contributed by atoms with E-state index in [2.05, 4.69) is 16.6 Å². The van der Waals surface area contributed by atoms with Crippen LogP contribution in [0.5, 0.6) is 5.75 Å². The van der Waals surface area contributed by atoms with Crippen LogP contribution in [0.25, 0.3) is 0 Å². The number of halogens is 2. The predicted molar refractivity (Wildman–Crippen MR) is 78.2 cm³/mol. The highest BCUT2D eigenvalue weighted by Gasteiger charge is 2.11. The molecule has 4 heteroatoms. The van der Waals surface area contributed by atoms with Crippen LogP contribution in [0.4, 0.5) is 8.78 Å². The second-order valence-electron chi connectivity index (χ2n) is 4.72. The van der Waals surface area contributed by atoms with Crippen LogP contribution in [-0.4, -0.2) is 13.7 Å². The second-order valence-corrected chi connectivity index (χ2v) is 4.72. The molecule has 0 amide bonds. The van der Waals surface area contributed by atoms with Gasteiger partial charge in [0.05, 0.1) is 0 Å². The van der Waals surface area contributed by atoms with Gasteiger partial charge < -0.3 is 10.1 Å². The van der Waals surface area contributed by atoms with Gasteiger partial charge in [0.1, 0.15) is 5.75 Å². The minimum absolute atomic E-state index is 0.167. The molecule has 20 heavy (non-hydrogen) atoms. The monoisotopic (exact) mass is 283 g/mol. The van der Waals surface area contributed by atoms with Gasteiger partial charge in [0.15, 0.2) is 0 Å². The number of ether oxygens (including phenoxy) is 1. The van der Waals surface area contributed by atoms with Crippen molar-refractivity contribution >= 4 is 0 Å². The number of rotatable bonds is 10. The van der Waals surface area contributed by atoms with Crippen LogP contribution in [0.1, 0.15) is 43.7 Å². The summed E-state index contributed by atoms with van der Waals surface area (Å²) in [6.07, 6.45) is 7.35. The molecule has 0 saturated carbocycles. The van der Waals surface area contributed by atoms with Crippen molar-refractivity contribution in [1.29, 1.82) is 0 Å². The lowest BCUT2D eigenvalue weighted by atomic mass is 10.00. The molecule has 0 aliphatic rings. The summed E-state index contributed by atoms with van der Waals surface area (Å²) in [5.41, 5.74) is 0.981. The summed E-state index contributed by atoms with van der Waals surface area (Å²) in [5, 5.41) is 3.23. The summed E-state index contributed by atoms with van der Waals surface area (Å²) in [6.45, 7) is 0.923. The van der Waals surface area contributed by atoms with Crippen LogP contribution in [-0.2, 0) is 0 Å². The van der Waals surface area contributed by atoms with Crippen molar-refractivity contribution < 1.29 is 13.5 Å².